The van der Waals surface area contributed by atoms with Crippen LogP contribution in [0.3, 0.4) is 0 Å². The summed E-state index contributed by atoms with van der Waals surface area (Å²) in [7, 11) is 0. The van der Waals surface area contributed by atoms with Crippen LogP contribution >= 0.6 is 11.6 Å². The molecule has 0 saturated heterocycles. The molecule has 100 valence electrons. The monoisotopic (exact) mass is 276 g/mol. The smallest absolute Gasteiger partial charge is 0.128 e. The summed E-state index contributed by atoms with van der Waals surface area (Å²) in [6, 6.07) is 11.2. The summed E-state index contributed by atoms with van der Waals surface area (Å²) in [5, 5.41) is 0.496. The van der Waals surface area contributed by atoms with Crippen molar-refractivity contribution in [3.05, 3.63) is 69.5 Å². The van der Waals surface area contributed by atoms with Crippen molar-refractivity contribution in [2.24, 2.45) is 0 Å². The highest BCUT2D eigenvalue weighted by atomic mass is 35.5. The van der Waals surface area contributed by atoms with Gasteiger partial charge in [-0.25, -0.2) is 4.39 Å². The fraction of sp³-hybridized carbons (Fsp3) is 0.294. The highest BCUT2D eigenvalue weighted by molar-refractivity contribution is 6.31. The molecule has 0 amide bonds. The normalized spacial score (nSPS) is 10.7. The molecular formula is C17H18ClF. The molecule has 2 aromatic rings. The largest absolute Gasteiger partial charge is 0.207 e. The number of hydrogen-bond donors (Lipinski definition) is 0. The molecule has 2 aromatic carbocycles. The molecule has 0 aliphatic heterocycles. The second-order valence-corrected chi connectivity index (χ2v) is 5.30. The fourth-order valence-electron chi connectivity index (χ4n) is 2.32. The second kappa shape index (κ2) is 6.21. The van der Waals surface area contributed by atoms with Gasteiger partial charge in [-0.05, 0) is 42.2 Å². The van der Waals surface area contributed by atoms with Crippen molar-refractivity contribution in [2.75, 3.05) is 0 Å². The van der Waals surface area contributed by atoms with Crippen LogP contribution in [0.5, 0.6) is 0 Å². The van der Waals surface area contributed by atoms with Gasteiger partial charge in [0.05, 0.1) is 0 Å². The molecule has 0 heterocycles. The average Bonchev–Trinajstić information content (AvgIpc) is 2.37. The van der Waals surface area contributed by atoms with E-state index in [0.29, 0.717) is 17.0 Å². The molecule has 0 bridgehead atoms. The van der Waals surface area contributed by atoms with Crippen LogP contribution in [0.1, 0.15) is 35.6 Å². The summed E-state index contributed by atoms with van der Waals surface area (Å²) in [5.74, 6) is -0.234. The first kappa shape index (κ1) is 14.1. The van der Waals surface area contributed by atoms with Gasteiger partial charge in [-0.3, -0.25) is 0 Å². The molecule has 0 radical (unpaired) electrons. The van der Waals surface area contributed by atoms with Gasteiger partial charge in [-0.2, -0.15) is 0 Å². The molecule has 0 atom stereocenters. The summed E-state index contributed by atoms with van der Waals surface area (Å²) in [4.78, 5) is 0. The molecule has 19 heavy (non-hydrogen) atoms. The first-order valence-electron chi connectivity index (χ1n) is 6.63. The van der Waals surface area contributed by atoms with Crippen molar-refractivity contribution in [3.8, 4) is 0 Å². The maximum atomic E-state index is 13.8. The quantitative estimate of drug-likeness (QED) is 0.708. The Morgan fingerprint density at radius 3 is 2.58 bits per heavy atom. The minimum Gasteiger partial charge on any atom is -0.207 e. The molecule has 0 aliphatic rings. The first-order chi connectivity index (χ1) is 9.11. The van der Waals surface area contributed by atoms with Gasteiger partial charge in [-0.1, -0.05) is 49.2 Å². The molecule has 2 heteroatoms. The third-order valence-electron chi connectivity index (χ3n) is 3.37. The fourth-order valence-corrected chi connectivity index (χ4v) is 2.55. The molecule has 0 N–H and O–H groups in total. The van der Waals surface area contributed by atoms with Crippen molar-refractivity contribution in [1.29, 1.82) is 0 Å². The lowest BCUT2D eigenvalue weighted by Crippen LogP contribution is -1.96. The number of halogens is 2. The molecule has 2 rings (SSSR count). The maximum Gasteiger partial charge on any atom is 0.128 e. The van der Waals surface area contributed by atoms with Crippen molar-refractivity contribution in [2.45, 2.75) is 33.1 Å². The number of benzene rings is 2. The topological polar surface area (TPSA) is 0 Å². The predicted octanol–water partition coefficient (Wildman–Crippen LogP) is 5.33. The third-order valence-corrected chi connectivity index (χ3v) is 3.72. The Morgan fingerprint density at radius 1 is 1.16 bits per heavy atom. The van der Waals surface area contributed by atoms with Gasteiger partial charge in [0.2, 0.25) is 0 Å². The zero-order chi connectivity index (χ0) is 13.8. The van der Waals surface area contributed by atoms with Crippen LogP contribution in [0.15, 0.2) is 36.4 Å². The lowest BCUT2D eigenvalue weighted by atomic mass is 9.97. The van der Waals surface area contributed by atoms with Gasteiger partial charge < -0.3 is 0 Å². The molecule has 0 nitrogen and oxygen atoms in total. The van der Waals surface area contributed by atoms with E-state index in [4.69, 9.17) is 11.6 Å². The number of rotatable bonds is 4. The Hall–Kier alpha value is -1.34. The third kappa shape index (κ3) is 3.36. The molecular weight excluding hydrogens is 259 g/mol. The van der Waals surface area contributed by atoms with Gasteiger partial charge in [0.25, 0.3) is 0 Å². The van der Waals surface area contributed by atoms with Crippen molar-refractivity contribution >= 4 is 11.6 Å². The minimum atomic E-state index is -0.234. The van der Waals surface area contributed by atoms with Crippen LogP contribution in [0, 0.1) is 12.7 Å². The van der Waals surface area contributed by atoms with Crippen LogP contribution in [0.2, 0.25) is 5.02 Å². The standard InChI is InChI=1S/C17H18ClF/c1-3-5-14-9-8-13(10-12(14)2)11-15-16(18)6-4-7-17(15)19/h4,6-10H,3,5,11H2,1-2H3. The van der Waals surface area contributed by atoms with E-state index >= 15 is 0 Å². The van der Waals surface area contributed by atoms with Gasteiger partial charge in [0.1, 0.15) is 5.82 Å². The molecule has 0 aliphatic carbocycles. The number of aryl methyl sites for hydroxylation is 2. The lowest BCUT2D eigenvalue weighted by molar-refractivity contribution is 0.614. The molecule has 0 unspecified atom stereocenters. The summed E-state index contributed by atoms with van der Waals surface area (Å²) >= 11 is 6.06. The van der Waals surface area contributed by atoms with E-state index in [-0.39, 0.29) is 5.82 Å². The van der Waals surface area contributed by atoms with E-state index in [1.54, 1.807) is 12.1 Å². The summed E-state index contributed by atoms with van der Waals surface area (Å²) in [5.41, 5.74) is 4.31. The summed E-state index contributed by atoms with van der Waals surface area (Å²) in [6.07, 6.45) is 2.77. The van der Waals surface area contributed by atoms with Crippen molar-refractivity contribution in [1.82, 2.24) is 0 Å². The average molecular weight is 277 g/mol. The van der Waals surface area contributed by atoms with Crippen LogP contribution in [0.4, 0.5) is 4.39 Å². The Balaban J connectivity index is 2.27. The second-order valence-electron chi connectivity index (χ2n) is 4.89. The van der Waals surface area contributed by atoms with E-state index in [2.05, 4.69) is 32.0 Å². The van der Waals surface area contributed by atoms with E-state index in [9.17, 15) is 4.39 Å². The van der Waals surface area contributed by atoms with E-state index in [1.807, 2.05) is 0 Å². The van der Waals surface area contributed by atoms with Gasteiger partial charge in [0, 0.05) is 17.0 Å². The van der Waals surface area contributed by atoms with Gasteiger partial charge in [0.15, 0.2) is 0 Å². The summed E-state index contributed by atoms with van der Waals surface area (Å²) < 4.78 is 13.8. The SMILES string of the molecule is CCCc1ccc(Cc2c(F)cccc2Cl)cc1C. The Labute approximate surface area is 119 Å². The van der Waals surface area contributed by atoms with E-state index in [1.165, 1.54) is 17.2 Å². The predicted molar refractivity (Wildman–Crippen MR) is 79.4 cm³/mol. The maximum absolute atomic E-state index is 13.8. The van der Waals surface area contributed by atoms with Crippen LogP contribution in [-0.2, 0) is 12.8 Å². The highest BCUT2D eigenvalue weighted by Crippen LogP contribution is 2.23. The van der Waals surface area contributed by atoms with E-state index < -0.39 is 0 Å². The molecule has 0 fully saturated rings. The van der Waals surface area contributed by atoms with Crippen molar-refractivity contribution in [3.63, 3.8) is 0 Å². The molecule has 0 saturated carbocycles. The highest BCUT2D eigenvalue weighted by Gasteiger charge is 2.08. The Morgan fingerprint density at radius 2 is 1.95 bits per heavy atom. The Bertz CT molecular complexity index is 555. The van der Waals surface area contributed by atoms with Crippen molar-refractivity contribution < 1.29 is 4.39 Å². The van der Waals surface area contributed by atoms with Gasteiger partial charge in [-0.15, -0.1) is 0 Å². The van der Waals surface area contributed by atoms with E-state index in [0.717, 1.165) is 18.4 Å². The van der Waals surface area contributed by atoms with Crippen LogP contribution in [-0.4, -0.2) is 0 Å². The van der Waals surface area contributed by atoms with Gasteiger partial charge >= 0.3 is 0 Å². The lowest BCUT2D eigenvalue weighted by Gasteiger charge is -2.09. The minimum absolute atomic E-state index is 0.234. The molecule has 0 aromatic heterocycles. The zero-order valence-electron chi connectivity index (χ0n) is 11.3. The Kier molecular flexibility index (Phi) is 4.60. The van der Waals surface area contributed by atoms with Crippen LogP contribution in [0.25, 0.3) is 0 Å². The number of hydrogen-bond acceptors (Lipinski definition) is 0. The first-order valence-corrected chi connectivity index (χ1v) is 7.01. The van der Waals surface area contributed by atoms with Crippen LogP contribution < -0.4 is 0 Å². The zero-order valence-corrected chi connectivity index (χ0v) is 12.1. The molecule has 0 spiro atoms. The summed E-state index contributed by atoms with van der Waals surface area (Å²) in [6.45, 7) is 4.28.